The first-order valence-corrected chi connectivity index (χ1v) is 18.3. The van der Waals surface area contributed by atoms with E-state index in [9.17, 15) is 24.0 Å². The molecule has 4 rings (SSSR count). The molecular formula is C39H47N5O6S. The maximum Gasteiger partial charge on any atom is 0.408 e. The van der Waals surface area contributed by atoms with Gasteiger partial charge in [0.25, 0.3) is 5.91 Å². The second kappa shape index (κ2) is 19.3. The van der Waals surface area contributed by atoms with Crippen molar-refractivity contribution in [2.24, 2.45) is 11.7 Å². The molecule has 0 saturated heterocycles. The van der Waals surface area contributed by atoms with Gasteiger partial charge in [0, 0.05) is 36.4 Å². The normalized spacial score (nSPS) is 14.0. The lowest BCUT2D eigenvalue weighted by Gasteiger charge is -2.25. The van der Waals surface area contributed by atoms with Crippen molar-refractivity contribution < 1.29 is 28.7 Å². The molecule has 0 unspecified atom stereocenters. The zero-order chi connectivity index (χ0) is 36.8. The first-order chi connectivity index (χ1) is 24.5. The van der Waals surface area contributed by atoms with Gasteiger partial charge in [0.1, 0.15) is 18.7 Å². The number of rotatable bonds is 17. The number of para-hydroxylation sites is 1. The Balaban J connectivity index is 1.50. The summed E-state index contributed by atoms with van der Waals surface area (Å²) in [6.07, 6.45) is 5.49. The minimum absolute atomic E-state index is 0.0339. The fourth-order valence-corrected chi connectivity index (χ4v) is 6.48. The first kappa shape index (κ1) is 38.7. The standard InChI is InChI=1S/C39H47N5O6S/c1-26(2)23-31(43-39(49)50-25-28-13-8-5-9-14-28)38(48)42-32(24-27-11-6-4-7-12-27)37(47)41-30(17-19-34(40)45)18-20-35(46)44-22-21-29-15-10-16-33(51-3)36(29)44/h4-16,18,20,26,30-32H,17,19,21-25H2,1-3H3,(H2,40,45)(H,41,47)(H,42,48)(H,43,49)/b20-18+/t30-,31-,32-/m0/s1. The van der Waals surface area contributed by atoms with Crippen molar-refractivity contribution in [3.8, 4) is 0 Å². The van der Waals surface area contributed by atoms with Gasteiger partial charge in [-0.05, 0) is 54.2 Å². The van der Waals surface area contributed by atoms with Crippen LogP contribution in [-0.2, 0) is 43.4 Å². The highest BCUT2D eigenvalue weighted by Crippen LogP contribution is 2.36. The molecule has 0 aliphatic carbocycles. The van der Waals surface area contributed by atoms with E-state index in [2.05, 4.69) is 16.0 Å². The van der Waals surface area contributed by atoms with Crippen LogP contribution >= 0.6 is 11.8 Å². The molecule has 1 aliphatic rings. The van der Waals surface area contributed by atoms with E-state index in [1.165, 1.54) is 6.08 Å². The molecule has 270 valence electrons. The SMILES string of the molecule is CSc1cccc2c1N(C(=O)/C=C/[C@H](CCC(N)=O)NC(=O)[C@H](Cc1ccccc1)NC(=O)[C@H](CC(C)C)NC(=O)OCc1ccccc1)CC2. The van der Waals surface area contributed by atoms with E-state index in [1.54, 1.807) is 22.7 Å². The summed E-state index contributed by atoms with van der Waals surface area (Å²) >= 11 is 1.57. The highest BCUT2D eigenvalue weighted by molar-refractivity contribution is 7.98. The number of nitrogens with two attached hydrogens (primary N) is 1. The van der Waals surface area contributed by atoms with Gasteiger partial charge in [-0.25, -0.2) is 4.79 Å². The summed E-state index contributed by atoms with van der Waals surface area (Å²) in [5.41, 5.74) is 9.03. The van der Waals surface area contributed by atoms with Crippen molar-refractivity contribution in [2.45, 2.75) is 75.6 Å². The lowest BCUT2D eigenvalue weighted by molar-refractivity contribution is -0.130. The second-order valence-corrected chi connectivity index (χ2v) is 13.7. The molecule has 0 spiro atoms. The summed E-state index contributed by atoms with van der Waals surface area (Å²) in [4.78, 5) is 68.3. The monoisotopic (exact) mass is 713 g/mol. The van der Waals surface area contributed by atoms with Crippen LogP contribution in [0.25, 0.3) is 0 Å². The minimum Gasteiger partial charge on any atom is -0.445 e. The van der Waals surface area contributed by atoms with E-state index >= 15 is 0 Å². The Kier molecular flexibility index (Phi) is 14.7. The molecular weight excluding hydrogens is 667 g/mol. The molecule has 5 N–H and O–H groups in total. The second-order valence-electron chi connectivity index (χ2n) is 12.8. The number of alkyl carbamates (subject to hydrolysis) is 1. The number of thioether (sulfide) groups is 1. The first-order valence-electron chi connectivity index (χ1n) is 17.1. The molecule has 3 aromatic rings. The molecule has 11 nitrogen and oxygen atoms in total. The van der Waals surface area contributed by atoms with Gasteiger partial charge in [-0.3, -0.25) is 19.2 Å². The summed E-state index contributed by atoms with van der Waals surface area (Å²) in [5, 5.41) is 8.41. The van der Waals surface area contributed by atoms with Crippen LogP contribution in [0.1, 0.15) is 49.8 Å². The summed E-state index contributed by atoms with van der Waals surface area (Å²) in [7, 11) is 0. The summed E-state index contributed by atoms with van der Waals surface area (Å²) < 4.78 is 5.37. The third-order valence-corrected chi connectivity index (χ3v) is 9.16. The lowest BCUT2D eigenvalue weighted by atomic mass is 10.0. The zero-order valence-electron chi connectivity index (χ0n) is 29.3. The van der Waals surface area contributed by atoms with Crippen LogP contribution in [0.15, 0.2) is 95.9 Å². The maximum absolute atomic E-state index is 13.9. The number of nitrogens with zero attached hydrogens (tertiary/aromatic N) is 1. The third kappa shape index (κ3) is 12.0. The number of carbonyl (C=O) groups is 5. The van der Waals surface area contributed by atoms with E-state index in [0.29, 0.717) is 13.0 Å². The Bertz CT molecular complexity index is 1680. The number of benzene rings is 3. The summed E-state index contributed by atoms with van der Waals surface area (Å²) in [6, 6.07) is 21.6. The Morgan fingerprint density at radius 2 is 1.53 bits per heavy atom. The largest absolute Gasteiger partial charge is 0.445 e. The van der Waals surface area contributed by atoms with Crippen LogP contribution < -0.4 is 26.6 Å². The van der Waals surface area contributed by atoms with Gasteiger partial charge < -0.3 is 31.3 Å². The number of fused-ring (bicyclic) bond motifs is 1. The third-order valence-electron chi connectivity index (χ3n) is 8.39. The molecule has 1 heterocycles. The minimum atomic E-state index is -1.05. The van der Waals surface area contributed by atoms with Gasteiger partial charge in [-0.15, -0.1) is 11.8 Å². The van der Waals surface area contributed by atoms with E-state index in [0.717, 1.165) is 33.7 Å². The molecule has 0 fully saturated rings. The molecule has 1 aliphatic heterocycles. The average Bonchev–Trinajstić information content (AvgIpc) is 3.56. The quantitative estimate of drug-likeness (QED) is 0.117. The van der Waals surface area contributed by atoms with Crippen molar-refractivity contribution in [2.75, 3.05) is 17.7 Å². The molecule has 0 saturated carbocycles. The molecule has 12 heteroatoms. The topological polar surface area (TPSA) is 160 Å². The predicted octanol–water partition coefficient (Wildman–Crippen LogP) is 4.67. The molecule has 0 aromatic heterocycles. The van der Waals surface area contributed by atoms with Gasteiger partial charge in [0.05, 0.1) is 5.69 Å². The van der Waals surface area contributed by atoms with Crippen LogP contribution in [0.2, 0.25) is 0 Å². The van der Waals surface area contributed by atoms with Gasteiger partial charge in [0.15, 0.2) is 0 Å². The van der Waals surface area contributed by atoms with Crippen LogP contribution in [0.5, 0.6) is 0 Å². The number of hydrogen-bond acceptors (Lipinski definition) is 7. The molecule has 3 aromatic carbocycles. The summed E-state index contributed by atoms with van der Waals surface area (Å²) in [6.45, 7) is 4.41. The van der Waals surface area contributed by atoms with Crippen LogP contribution in [-0.4, -0.2) is 60.6 Å². The number of ether oxygens (including phenoxy) is 1. The lowest BCUT2D eigenvalue weighted by Crippen LogP contribution is -2.55. The highest BCUT2D eigenvalue weighted by atomic mass is 32.2. The highest BCUT2D eigenvalue weighted by Gasteiger charge is 2.30. The van der Waals surface area contributed by atoms with Gasteiger partial charge in [-0.1, -0.05) is 92.7 Å². The van der Waals surface area contributed by atoms with Crippen LogP contribution in [0.3, 0.4) is 0 Å². The number of carbonyl (C=O) groups excluding carboxylic acids is 5. The van der Waals surface area contributed by atoms with Gasteiger partial charge in [-0.2, -0.15) is 0 Å². The maximum atomic E-state index is 13.9. The molecule has 5 amide bonds. The van der Waals surface area contributed by atoms with Crippen molar-refractivity contribution >= 4 is 47.2 Å². The Labute approximate surface area is 303 Å². The number of hydrogen-bond donors (Lipinski definition) is 4. The van der Waals surface area contributed by atoms with Crippen molar-refractivity contribution in [3.63, 3.8) is 0 Å². The zero-order valence-corrected chi connectivity index (χ0v) is 30.1. The fourth-order valence-electron chi connectivity index (χ4n) is 5.83. The fraction of sp³-hybridized carbons (Fsp3) is 0.359. The number of nitrogens with one attached hydrogen (secondary N) is 3. The smallest absolute Gasteiger partial charge is 0.408 e. The molecule has 0 radical (unpaired) electrons. The van der Waals surface area contributed by atoms with Crippen molar-refractivity contribution in [1.82, 2.24) is 16.0 Å². The Morgan fingerprint density at radius 3 is 2.18 bits per heavy atom. The Hall–Kier alpha value is -5.10. The predicted molar refractivity (Wildman–Crippen MR) is 199 cm³/mol. The van der Waals surface area contributed by atoms with E-state index in [1.807, 2.05) is 99.0 Å². The van der Waals surface area contributed by atoms with Gasteiger partial charge in [0.2, 0.25) is 17.7 Å². The number of primary amides is 1. The molecule has 3 atom stereocenters. The Morgan fingerprint density at radius 1 is 0.863 bits per heavy atom. The average molecular weight is 714 g/mol. The van der Waals surface area contributed by atoms with E-state index in [4.69, 9.17) is 10.5 Å². The molecule has 51 heavy (non-hydrogen) atoms. The van der Waals surface area contributed by atoms with Crippen LogP contribution in [0, 0.1) is 5.92 Å². The number of anilines is 1. The van der Waals surface area contributed by atoms with E-state index in [-0.39, 0.29) is 37.7 Å². The molecule has 0 bridgehead atoms. The van der Waals surface area contributed by atoms with Gasteiger partial charge >= 0.3 is 6.09 Å². The van der Waals surface area contributed by atoms with Crippen LogP contribution in [0.4, 0.5) is 10.5 Å². The summed E-state index contributed by atoms with van der Waals surface area (Å²) in [5.74, 6) is -1.84. The van der Waals surface area contributed by atoms with Crippen molar-refractivity contribution in [3.05, 3.63) is 108 Å². The van der Waals surface area contributed by atoms with Crippen molar-refractivity contribution in [1.29, 1.82) is 0 Å². The van der Waals surface area contributed by atoms with E-state index < -0.39 is 41.9 Å². The number of amides is 5.